The monoisotopic (exact) mass is 585 g/mol. The van der Waals surface area contributed by atoms with Crippen LogP contribution in [0.4, 0.5) is 20.1 Å². The molecule has 5 rings (SSSR count). The van der Waals surface area contributed by atoms with Crippen LogP contribution in [0, 0.1) is 5.82 Å². The van der Waals surface area contributed by atoms with Gasteiger partial charge in [0, 0.05) is 61.8 Å². The molecule has 13 heteroatoms. The molecule has 1 fully saturated rings. The Bertz CT molecular complexity index is 1480. The van der Waals surface area contributed by atoms with Gasteiger partial charge in [-0.3, -0.25) is 20.0 Å². The lowest BCUT2D eigenvalue weighted by Crippen LogP contribution is -2.48. The van der Waals surface area contributed by atoms with E-state index < -0.39 is 11.8 Å². The van der Waals surface area contributed by atoms with Crippen LogP contribution in [0.15, 0.2) is 48.8 Å². The number of esters is 1. The number of rotatable bonds is 7. The molecule has 1 aromatic carbocycles. The van der Waals surface area contributed by atoms with Crippen molar-refractivity contribution in [2.24, 2.45) is 0 Å². The molecule has 0 spiro atoms. The molecule has 1 saturated heterocycles. The average molecular weight is 586 g/mol. The van der Waals surface area contributed by atoms with Crippen molar-refractivity contribution in [2.75, 3.05) is 56.6 Å². The van der Waals surface area contributed by atoms with E-state index in [1.165, 1.54) is 18.4 Å². The number of hydrogen-bond donors (Lipinski definition) is 2. The van der Waals surface area contributed by atoms with E-state index in [1.807, 2.05) is 42.2 Å². The number of carbonyl (C=O) groups excluding carboxylic acids is 2. The molecular formula is C27H29ClFN7O3S. The zero-order chi connectivity index (χ0) is 27.4. The second kappa shape index (κ2) is 13.0. The van der Waals surface area contributed by atoms with Crippen LogP contribution in [-0.2, 0) is 9.53 Å². The highest BCUT2D eigenvalue weighted by Crippen LogP contribution is 2.40. The number of hydrogen-bond acceptors (Lipinski definition) is 9. The third-order valence-corrected chi connectivity index (χ3v) is 7.44. The Kier molecular flexibility index (Phi) is 9.46. The summed E-state index contributed by atoms with van der Waals surface area (Å²) < 4.78 is 21.2. The van der Waals surface area contributed by atoms with E-state index in [-0.39, 0.29) is 30.4 Å². The number of nitrogens with one attached hydrogen (secondary N) is 2. The van der Waals surface area contributed by atoms with Crippen LogP contribution < -0.4 is 15.5 Å². The molecular weight excluding hydrogens is 557 g/mol. The maximum Gasteiger partial charge on any atom is 0.321 e. The van der Waals surface area contributed by atoms with Crippen molar-refractivity contribution in [1.82, 2.24) is 25.2 Å². The standard InChI is InChI=1S/C27H28FN7O3S.ClH/c1-3-29-26(37)33-27-32-24-23(28)18(14-19(25(24)39-27)20-6-4-5-9-30-20)17-7-8-21(31-15-17)35-12-10-34(11-13-35)16-22(36)38-2;/h4-9,14-15H,3,10-13,16H2,1-2H3,(H2,29,32,33,37);1H. The molecule has 0 atom stereocenters. The maximum atomic E-state index is 15.9. The summed E-state index contributed by atoms with van der Waals surface area (Å²) in [6.07, 6.45) is 3.34. The Morgan fingerprint density at radius 2 is 1.90 bits per heavy atom. The fraction of sp³-hybridized carbons (Fsp3) is 0.296. The molecule has 0 saturated carbocycles. The quantitative estimate of drug-likeness (QED) is 0.307. The molecule has 40 heavy (non-hydrogen) atoms. The minimum Gasteiger partial charge on any atom is -0.468 e. The van der Waals surface area contributed by atoms with Crippen molar-refractivity contribution in [2.45, 2.75) is 6.92 Å². The summed E-state index contributed by atoms with van der Waals surface area (Å²) in [5.41, 5.74) is 2.50. The van der Waals surface area contributed by atoms with Gasteiger partial charge in [0.05, 0.1) is 24.0 Å². The molecule has 0 bridgehead atoms. The number of carbonyl (C=O) groups is 2. The lowest BCUT2D eigenvalue weighted by atomic mass is 10.0. The fourth-order valence-corrected chi connectivity index (χ4v) is 5.42. The number of nitrogens with zero attached hydrogens (tertiary/aromatic N) is 5. The van der Waals surface area contributed by atoms with Gasteiger partial charge in [-0.1, -0.05) is 17.4 Å². The molecule has 3 aromatic heterocycles. The molecule has 0 unspecified atom stereocenters. The number of fused-ring (bicyclic) bond motifs is 1. The molecule has 4 aromatic rings. The van der Waals surface area contributed by atoms with Gasteiger partial charge in [0.15, 0.2) is 10.9 Å². The average Bonchev–Trinajstić information content (AvgIpc) is 3.38. The molecule has 2 amide bonds. The first-order valence-electron chi connectivity index (χ1n) is 12.6. The Labute approximate surface area is 241 Å². The molecule has 2 N–H and O–H groups in total. The smallest absolute Gasteiger partial charge is 0.321 e. The molecule has 10 nitrogen and oxygen atoms in total. The van der Waals surface area contributed by atoms with Crippen LogP contribution in [0.25, 0.3) is 32.6 Å². The second-order valence-corrected chi connectivity index (χ2v) is 9.93. The number of piperazine rings is 1. The minimum absolute atomic E-state index is 0. The molecule has 1 aliphatic heterocycles. The highest BCUT2D eigenvalue weighted by molar-refractivity contribution is 7.22. The highest BCUT2D eigenvalue weighted by Gasteiger charge is 2.22. The molecule has 1 aliphatic rings. The van der Waals surface area contributed by atoms with Gasteiger partial charge in [-0.2, -0.15) is 0 Å². The number of halogens is 2. The van der Waals surface area contributed by atoms with Crippen LogP contribution in [-0.4, -0.2) is 78.2 Å². The normalized spacial score (nSPS) is 13.5. The second-order valence-electron chi connectivity index (χ2n) is 8.93. The zero-order valence-electron chi connectivity index (χ0n) is 22.0. The van der Waals surface area contributed by atoms with Crippen molar-refractivity contribution in [3.63, 3.8) is 0 Å². The van der Waals surface area contributed by atoms with Crippen molar-refractivity contribution in [1.29, 1.82) is 0 Å². The predicted molar refractivity (Wildman–Crippen MR) is 157 cm³/mol. The van der Waals surface area contributed by atoms with Crippen LogP contribution >= 0.6 is 23.7 Å². The lowest BCUT2D eigenvalue weighted by molar-refractivity contribution is -0.142. The van der Waals surface area contributed by atoms with Gasteiger partial charge < -0.3 is 15.0 Å². The summed E-state index contributed by atoms with van der Waals surface area (Å²) in [5, 5.41) is 5.63. The largest absolute Gasteiger partial charge is 0.468 e. The zero-order valence-corrected chi connectivity index (χ0v) is 23.6. The Hall–Kier alpha value is -3.87. The van der Waals surface area contributed by atoms with Gasteiger partial charge in [0.25, 0.3) is 0 Å². The number of ether oxygens (including phenoxy) is 1. The number of anilines is 2. The number of benzene rings is 1. The van der Waals surface area contributed by atoms with Crippen molar-refractivity contribution in [3.05, 3.63) is 54.6 Å². The highest BCUT2D eigenvalue weighted by atomic mass is 35.5. The van der Waals surface area contributed by atoms with Crippen molar-refractivity contribution < 1.29 is 18.7 Å². The summed E-state index contributed by atoms with van der Waals surface area (Å²) in [6.45, 7) is 5.41. The Morgan fingerprint density at radius 1 is 1.10 bits per heavy atom. The number of urea groups is 1. The van der Waals surface area contributed by atoms with E-state index in [4.69, 9.17) is 4.74 Å². The van der Waals surface area contributed by atoms with E-state index in [2.05, 4.69) is 30.5 Å². The molecule has 210 valence electrons. The van der Waals surface area contributed by atoms with Gasteiger partial charge >= 0.3 is 12.0 Å². The van der Waals surface area contributed by atoms with Crippen LogP contribution in [0.3, 0.4) is 0 Å². The van der Waals surface area contributed by atoms with Crippen LogP contribution in [0.2, 0.25) is 0 Å². The summed E-state index contributed by atoms with van der Waals surface area (Å²) in [5.74, 6) is 0.0445. The Balaban J connectivity index is 0.00000370. The van der Waals surface area contributed by atoms with Gasteiger partial charge in [-0.15, -0.1) is 12.4 Å². The van der Waals surface area contributed by atoms with Crippen molar-refractivity contribution >= 4 is 56.9 Å². The summed E-state index contributed by atoms with van der Waals surface area (Å²) in [4.78, 5) is 41.3. The van der Waals surface area contributed by atoms with E-state index in [0.717, 1.165) is 5.82 Å². The van der Waals surface area contributed by atoms with E-state index in [1.54, 1.807) is 18.5 Å². The predicted octanol–water partition coefficient (Wildman–Crippen LogP) is 4.42. The van der Waals surface area contributed by atoms with Gasteiger partial charge in [-0.25, -0.2) is 19.2 Å². The first-order valence-corrected chi connectivity index (χ1v) is 13.4. The SMILES string of the molecule is CCNC(=O)Nc1nc2c(F)c(-c3ccc(N4CCN(CC(=O)OC)CC4)nc3)cc(-c3ccccn3)c2s1.Cl. The minimum atomic E-state index is -0.490. The van der Waals surface area contributed by atoms with Gasteiger partial charge in [0.1, 0.15) is 11.3 Å². The van der Waals surface area contributed by atoms with E-state index >= 15 is 4.39 Å². The third-order valence-electron chi connectivity index (χ3n) is 6.44. The first-order chi connectivity index (χ1) is 19.0. The van der Waals surface area contributed by atoms with Crippen LogP contribution in [0.1, 0.15) is 6.92 Å². The molecule has 0 radical (unpaired) electrons. The number of aromatic nitrogens is 3. The lowest BCUT2D eigenvalue weighted by Gasteiger charge is -2.34. The first kappa shape index (κ1) is 29.1. The number of methoxy groups -OCH3 is 1. The molecule has 0 aliphatic carbocycles. The van der Waals surface area contributed by atoms with Crippen LogP contribution in [0.5, 0.6) is 0 Å². The Morgan fingerprint density at radius 3 is 2.55 bits per heavy atom. The van der Waals surface area contributed by atoms with E-state index in [0.29, 0.717) is 64.9 Å². The summed E-state index contributed by atoms with van der Waals surface area (Å²) in [6, 6.07) is 10.6. The van der Waals surface area contributed by atoms with Gasteiger partial charge in [-0.05, 0) is 37.3 Å². The summed E-state index contributed by atoms with van der Waals surface area (Å²) >= 11 is 1.20. The maximum absolute atomic E-state index is 15.9. The van der Waals surface area contributed by atoms with E-state index in [9.17, 15) is 9.59 Å². The summed E-state index contributed by atoms with van der Waals surface area (Å²) in [7, 11) is 1.39. The number of thiazole rings is 1. The third kappa shape index (κ3) is 6.30. The fourth-order valence-electron chi connectivity index (χ4n) is 4.44. The topological polar surface area (TPSA) is 113 Å². The number of amides is 2. The van der Waals surface area contributed by atoms with Crippen molar-refractivity contribution in [3.8, 4) is 22.4 Å². The number of pyridine rings is 2. The molecule has 4 heterocycles. The van der Waals surface area contributed by atoms with Gasteiger partial charge in [0.2, 0.25) is 0 Å².